The monoisotopic (exact) mass is 457 g/mol. The second-order valence-electron chi connectivity index (χ2n) is 6.95. The Kier molecular flexibility index (Phi) is 6.62. The van der Waals surface area contributed by atoms with Crippen LogP contribution < -0.4 is 15.0 Å². The van der Waals surface area contributed by atoms with Crippen molar-refractivity contribution in [3.8, 4) is 11.5 Å². The molecule has 1 aliphatic rings. The Morgan fingerprint density at radius 2 is 2.19 bits per heavy atom. The van der Waals surface area contributed by atoms with Crippen LogP contribution in [0.3, 0.4) is 0 Å². The number of ether oxygens (including phenoxy) is 2. The van der Waals surface area contributed by atoms with Gasteiger partial charge in [0.15, 0.2) is 22.8 Å². The first kappa shape index (κ1) is 21.5. The van der Waals surface area contributed by atoms with E-state index in [2.05, 4.69) is 11.6 Å². The smallest absolute Gasteiger partial charge is 0.272 e. The first-order valence-corrected chi connectivity index (χ1v) is 11.8. The molecule has 162 valence electrons. The highest BCUT2D eigenvalue weighted by Crippen LogP contribution is 2.31. The predicted octanol–water partition coefficient (Wildman–Crippen LogP) is 3.42. The average Bonchev–Trinajstić information content (AvgIpc) is 3.27. The molecule has 0 fully saturated rings. The number of rotatable bonds is 8. The van der Waals surface area contributed by atoms with Gasteiger partial charge in [0.2, 0.25) is 5.91 Å². The molecule has 0 saturated carbocycles. The number of carbonyl (C=O) groups is 1. The number of aromatic nitrogens is 2. The first-order valence-electron chi connectivity index (χ1n) is 9.98. The number of hydrogen-bond acceptors (Lipinski definition) is 7. The number of allylic oxidation sites excluding steroid dienone is 1. The highest BCUT2D eigenvalue weighted by molar-refractivity contribution is 7.99. The van der Waals surface area contributed by atoms with E-state index in [1.54, 1.807) is 15.5 Å². The minimum atomic E-state index is -0.233. The number of fused-ring (bicyclic) bond motifs is 2. The van der Waals surface area contributed by atoms with Gasteiger partial charge in [-0.05, 0) is 30.5 Å². The normalized spacial score (nSPS) is 15.1. The summed E-state index contributed by atoms with van der Waals surface area (Å²) in [6, 6.07) is 9.34. The van der Waals surface area contributed by atoms with E-state index in [-0.39, 0.29) is 23.3 Å². The third-order valence-electron chi connectivity index (χ3n) is 4.89. The summed E-state index contributed by atoms with van der Waals surface area (Å²) in [6.45, 7) is 7.39. The van der Waals surface area contributed by atoms with Crippen molar-refractivity contribution in [3.63, 3.8) is 0 Å². The molecule has 0 radical (unpaired) electrons. The lowest BCUT2D eigenvalue weighted by molar-refractivity contribution is -0.129. The van der Waals surface area contributed by atoms with Crippen LogP contribution in [-0.4, -0.2) is 51.9 Å². The maximum Gasteiger partial charge on any atom is 0.272 e. The molecule has 9 heteroatoms. The van der Waals surface area contributed by atoms with Gasteiger partial charge >= 0.3 is 0 Å². The summed E-state index contributed by atoms with van der Waals surface area (Å²) >= 11 is 2.64. The van der Waals surface area contributed by atoms with Crippen LogP contribution in [0.1, 0.15) is 6.92 Å². The molecule has 3 heterocycles. The maximum atomic E-state index is 12.9. The predicted molar refractivity (Wildman–Crippen MR) is 123 cm³/mol. The lowest BCUT2D eigenvalue weighted by Crippen LogP contribution is -2.44. The largest absolute Gasteiger partial charge is 0.486 e. The van der Waals surface area contributed by atoms with Gasteiger partial charge in [-0.3, -0.25) is 14.2 Å². The fraction of sp³-hybridized carbons (Fsp3) is 0.318. The third kappa shape index (κ3) is 4.62. The van der Waals surface area contributed by atoms with E-state index >= 15 is 0 Å². The number of nitrogens with zero attached hydrogens (tertiary/aromatic N) is 3. The highest BCUT2D eigenvalue weighted by Gasteiger charge is 2.25. The van der Waals surface area contributed by atoms with Gasteiger partial charge in [-0.25, -0.2) is 4.98 Å². The van der Waals surface area contributed by atoms with Crippen LogP contribution in [0.2, 0.25) is 0 Å². The molecule has 3 aromatic rings. The fourth-order valence-corrected chi connectivity index (χ4v) is 5.04. The van der Waals surface area contributed by atoms with E-state index in [4.69, 9.17) is 9.47 Å². The molecule has 1 atom stereocenters. The molecular weight excluding hydrogens is 434 g/mol. The molecule has 0 aliphatic carbocycles. The number of carbonyl (C=O) groups excluding carboxylic acids is 1. The molecule has 31 heavy (non-hydrogen) atoms. The van der Waals surface area contributed by atoms with Gasteiger partial charge in [-0.15, -0.1) is 17.9 Å². The zero-order valence-corrected chi connectivity index (χ0v) is 18.8. The van der Waals surface area contributed by atoms with Crippen LogP contribution in [0.15, 0.2) is 58.3 Å². The van der Waals surface area contributed by atoms with Gasteiger partial charge in [0.05, 0.1) is 17.8 Å². The quantitative estimate of drug-likeness (QED) is 0.293. The van der Waals surface area contributed by atoms with Crippen molar-refractivity contribution in [2.24, 2.45) is 0 Å². The number of thiophene rings is 1. The average molecular weight is 458 g/mol. The van der Waals surface area contributed by atoms with Crippen molar-refractivity contribution in [2.45, 2.75) is 24.7 Å². The van der Waals surface area contributed by atoms with Crippen LogP contribution >= 0.6 is 23.1 Å². The van der Waals surface area contributed by atoms with Crippen molar-refractivity contribution in [1.82, 2.24) is 14.5 Å². The molecule has 0 N–H and O–H groups in total. The van der Waals surface area contributed by atoms with Crippen molar-refractivity contribution in [2.75, 3.05) is 25.4 Å². The molecule has 0 saturated heterocycles. The summed E-state index contributed by atoms with van der Waals surface area (Å²) in [5.74, 6) is 1.55. The number of amides is 1. The van der Waals surface area contributed by atoms with E-state index < -0.39 is 0 Å². The molecule has 1 unspecified atom stereocenters. The van der Waals surface area contributed by atoms with Crippen LogP contribution in [0.4, 0.5) is 0 Å². The number of hydrogen-bond donors (Lipinski definition) is 0. The number of thioether (sulfide) groups is 1. The van der Waals surface area contributed by atoms with Gasteiger partial charge < -0.3 is 14.4 Å². The zero-order chi connectivity index (χ0) is 21.8. The number of likely N-dealkylation sites (N-methyl/N-ethyl adjacent to an activating group) is 1. The van der Waals surface area contributed by atoms with Crippen molar-refractivity contribution in [1.29, 1.82) is 0 Å². The van der Waals surface area contributed by atoms with E-state index in [0.29, 0.717) is 47.4 Å². The van der Waals surface area contributed by atoms with Crippen molar-refractivity contribution < 1.29 is 14.3 Å². The molecule has 2 aromatic heterocycles. The van der Waals surface area contributed by atoms with Gasteiger partial charge in [-0.1, -0.05) is 30.0 Å². The van der Waals surface area contributed by atoms with Gasteiger partial charge in [0, 0.05) is 13.1 Å². The molecule has 0 spiro atoms. The first-order chi connectivity index (χ1) is 15.1. The zero-order valence-electron chi connectivity index (χ0n) is 17.2. The van der Waals surface area contributed by atoms with Crippen LogP contribution in [0.5, 0.6) is 11.5 Å². The summed E-state index contributed by atoms with van der Waals surface area (Å²) in [5, 5.41) is 2.37. The molecule has 1 aromatic carbocycles. The minimum Gasteiger partial charge on any atom is -0.486 e. The fourth-order valence-electron chi connectivity index (χ4n) is 3.35. The number of para-hydroxylation sites is 2. The second kappa shape index (κ2) is 9.57. The van der Waals surface area contributed by atoms with E-state index in [9.17, 15) is 9.59 Å². The molecular formula is C22H23N3O4S2. The summed E-state index contributed by atoms with van der Waals surface area (Å²) in [6.07, 6.45) is 1.42. The molecule has 0 bridgehead atoms. The summed E-state index contributed by atoms with van der Waals surface area (Å²) in [4.78, 5) is 32.0. The summed E-state index contributed by atoms with van der Waals surface area (Å²) in [5.41, 5.74) is 0.553. The Morgan fingerprint density at radius 1 is 1.39 bits per heavy atom. The minimum absolute atomic E-state index is 0.0419. The summed E-state index contributed by atoms with van der Waals surface area (Å²) < 4.78 is 13.9. The Labute approximate surface area is 188 Å². The molecule has 1 amide bonds. The standard InChI is InChI=1S/C22H23N3O4S2/c1-3-10-25-21(27)20-16(9-11-30-20)23-22(25)31-14-19(26)24(4-2)12-15-13-28-17-7-5-6-8-18(17)29-15/h3,5-9,11,15H,1,4,10,12-14H2,2H3. The van der Waals surface area contributed by atoms with Crippen molar-refractivity contribution >= 4 is 39.2 Å². The highest BCUT2D eigenvalue weighted by atomic mass is 32.2. The topological polar surface area (TPSA) is 73.7 Å². The van der Waals surface area contributed by atoms with Crippen LogP contribution in [-0.2, 0) is 11.3 Å². The molecule has 1 aliphatic heterocycles. The Bertz CT molecular complexity index is 1160. The van der Waals surface area contributed by atoms with Crippen molar-refractivity contribution in [3.05, 3.63) is 58.7 Å². The lowest BCUT2D eigenvalue weighted by atomic mass is 10.2. The van der Waals surface area contributed by atoms with Crippen LogP contribution in [0, 0.1) is 0 Å². The number of benzene rings is 1. The van der Waals surface area contributed by atoms with Gasteiger partial charge in [0.25, 0.3) is 5.56 Å². The SMILES string of the molecule is C=CCn1c(SCC(=O)N(CC)CC2COc3ccccc3O2)nc2ccsc2c1=O. The second-order valence-corrected chi connectivity index (χ2v) is 8.81. The lowest BCUT2D eigenvalue weighted by Gasteiger charge is -2.30. The molecule has 4 rings (SSSR count). The van der Waals surface area contributed by atoms with Gasteiger partial charge in [0.1, 0.15) is 11.3 Å². The Morgan fingerprint density at radius 3 is 2.97 bits per heavy atom. The van der Waals surface area contributed by atoms with E-state index in [1.165, 1.54) is 23.1 Å². The third-order valence-corrected chi connectivity index (χ3v) is 6.75. The Hall–Kier alpha value is -2.78. The summed E-state index contributed by atoms with van der Waals surface area (Å²) in [7, 11) is 0. The molecule has 7 nitrogen and oxygen atoms in total. The van der Waals surface area contributed by atoms with E-state index in [0.717, 1.165) is 5.75 Å². The van der Waals surface area contributed by atoms with Crippen LogP contribution in [0.25, 0.3) is 10.2 Å². The van der Waals surface area contributed by atoms with E-state index in [1.807, 2.05) is 42.6 Å². The van der Waals surface area contributed by atoms with Gasteiger partial charge in [-0.2, -0.15) is 0 Å². The Balaban J connectivity index is 1.43. The maximum absolute atomic E-state index is 12.9.